The molecule has 6 nitrogen and oxygen atoms in total. The van der Waals surface area contributed by atoms with E-state index in [0.29, 0.717) is 37.3 Å². The van der Waals surface area contributed by atoms with Crippen LogP contribution >= 0.6 is 12.4 Å². The minimum Gasteiger partial charge on any atom is -0.337 e. The van der Waals surface area contributed by atoms with Crippen LogP contribution in [0.15, 0.2) is 24.3 Å². The van der Waals surface area contributed by atoms with Crippen molar-refractivity contribution in [2.75, 3.05) is 29.7 Å². The molecule has 0 aliphatic carbocycles. The first-order valence-corrected chi connectivity index (χ1v) is 8.73. The van der Waals surface area contributed by atoms with Crippen LogP contribution in [-0.4, -0.2) is 50.7 Å². The van der Waals surface area contributed by atoms with E-state index in [4.69, 9.17) is 5.73 Å². The standard InChI is InChI=1S/C14H19N3O3S.ClH/c15-12-5-7-16(10-12)14(18)11-3-1-4-13(9-11)17-6-2-8-21(17,19)20;/h1,3-4,9,12H,2,5-8,10,15H2;1H/t12-;/m1./s1. The molecule has 2 saturated heterocycles. The molecule has 122 valence electrons. The van der Waals surface area contributed by atoms with Crippen LogP contribution in [0.5, 0.6) is 0 Å². The minimum absolute atomic E-state index is 0. The van der Waals surface area contributed by atoms with E-state index < -0.39 is 10.0 Å². The minimum atomic E-state index is -3.22. The number of sulfonamides is 1. The van der Waals surface area contributed by atoms with Crippen LogP contribution in [0.3, 0.4) is 0 Å². The van der Waals surface area contributed by atoms with E-state index >= 15 is 0 Å². The van der Waals surface area contributed by atoms with Gasteiger partial charge in [0.1, 0.15) is 0 Å². The van der Waals surface area contributed by atoms with Crippen molar-refractivity contribution in [3.8, 4) is 0 Å². The average Bonchev–Trinajstić information content (AvgIpc) is 3.03. The zero-order chi connectivity index (χ0) is 15.0. The van der Waals surface area contributed by atoms with Crippen molar-refractivity contribution in [1.82, 2.24) is 4.90 Å². The normalized spacial score (nSPS) is 23.4. The lowest BCUT2D eigenvalue weighted by Gasteiger charge is -2.19. The maximum absolute atomic E-state index is 12.4. The van der Waals surface area contributed by atoms with Gasteiger partial charge in [0, 0.05) is 31.2 Å². The summed E-state index contributed by atoms with van der Waals surface area (Å²) in [7, 11) is -3.22. The van der Waals surface area contributed by atoms with Crippen molar-refractivity contribution in [2.24, 2.45) is 5.73 Å². The second-order valence-corrected chi connectivity index (χ2v) is 7.60. The SMILES string of the molecule is Cl.N[C@@H]1CCN(C(=O)c2cccc(N3CCCS3(=O)=O)c2)C1. The van der Waals surface area contributed by atoms with Crippen molar-refractivity contribution in [3.05, 3.63) is 29.8 Å². The molecule has 2 fully saturated rings. The van der Waals surface area contributed by atoms with Crippen molar-refractivity contribution < 1.29 is 13.2 Å². The lowest BCUT2D eigenvalue weighted by molar-refractivity contribution is 0.0791. The van der Waals surface area contributed by atoms with Gasteiger partial charge in [0.25, 0.3) is 5.91 Å². The van der Waals surface area contributed by atoms with Gasteiger partial charge < -0.3 is 10.6 Å². The van der Waals surface area contributed by atoms with Gasteiger partial charge in [0.05, 0.1) is 11.4 Å². The molecule has 2 heterocycles. The molecular formula is C14H20ClN3O3S. The summed E-state index contributed by atoms with van der Waals surface area (Å²) in [5.41, 5.74) is 6.91. The van der Waals surface area contributed by atoms with Gasteiger partial charge in [-0.2, -0.15) is 0 Å². The van der Waals surface area contributed by atoms with E-state index in [1.54, 1.807) is 29.2 Å². The molecule has 1 aromatic carbocycles. The molecule has 0 unspecified atom stereocenters. The fourth-order valence-electron chi connectivity index (χ4n) is 2.88. The number of anilines is 1. The number of amides is 1. The van der Waals surface area contributed by atoms with Gasteiger partial charge in [0.2, 0.25) is 10.0 Å². The first kappa shape index (κ1) is 17.1. The third kappa shape index (κ3) is 3.21. The Morgan fingerprint density at radius 3 is 2.64 bits per heavy atom. The summed E-state index contributed by atoms with van der Waals surface area (Å²) in [6.45, 7) is 1.70. The van der Waals surface area contributed by atoms with Crippen LogP contribution < -0.4 is 10.0 Å². The van der Waals surface area contributed by atoms with E-state index in [2.05, 4.69) is 0 Å². The molecule has 0 saturated carbocycles. The Kier molecular flexibility index (Phi) is 4.99. The molecule has 2 N–H and O–H groups in total. The Morgan fingerprint density at radius 1 is 1.27 bits per heavy atom. The van der Waals surface area contributed by atoms with E-state index in [9.17, 15) is 13.2 Å². The Bertz CT molecular complexity index is 665. The molecule has 0 spiro atoms. The highest BCUT2D eigenvalue weighted by Crippen LogP contribution is 2.25. The summed E-state index contributed by atoms with van der Waals surface area (Å²) in [4.78, 5) is 14.1. The highest BCUT2D eigenvalue weighted by Gasteiger charge is 2.29. The molecule has 22 heavy (non-hydrogen) atoms. The number of hydrogen-bond acceptors (Lipinski definition) is 4. The number of rotatable bonds is 2. The number of carbonyl (C=O) groups is 1. The summed E-state index contributed by atoms with van der Waals surface area (Å²) in [6.07, 6.45) is 1.44. The quantitative estimate of drug-likeness (QED) is 0.860. The fourth-order valence-corrected chi connectivity index (χ4v) is 4.43. The Labute approximate surface area is 136 Å². The number of nitrogens with two attached hydrogens (primary N) is 1. The van der Waals surface area contributed by atoms with E-state index in [1.807, 2.05) is 0 Å². The lowest BCUT2D eigenvalue weighted by Crippen LogP contribution is -2.32. The molecule has 0 bridgehead atoms. The summed E-state index contributed by atoms with van der Waals surface area (Å²) in [5.74, 6) is 0.0907. The van der Waals surface area contributed by atoms with Crippen LogP contribution in [0, 0.1) is 0 Å². The Hall–Kier alpha value is -1.31. The monoisotopic (exact) mass is 345 g/mol. The predicted molar refractivity (Wildman–Crippen MR) is 87.9 cm³/mol. The van der Waals surface area contributed by atoms with Gasteiger partial charge >= 0.3 is 0 Å². The summed E-state index contributed by atoms with van der Waals surface area (Å²) in [6, 6.07) is 6.88. The number of likely N-dealkylation sites (tertiary alicyclic amines) is 1. The summed E-state index contributed by atoms with van der Waals surface area (Å²) in [5, 5.41) is 0. The predicted octanol–water partition coefficient (Wildman–Crippen LogP) is 0.821. The third-order valence-electron chi connectivity index (χ3n) is 3.99. The fraction of sp³-hybridized carbons (Fsp3) is 0.500. The largest absolute Gasteiger partial charge is 0.337 e. The van der Waals surface area contributed by atoms with Crippen LogP contribution in [0.25, 0.3) is 0 Å². The summed E-state index contributed by atoms with van der Waals surface area (Å²) < 4.78 is 25.3. The maximum Gasteiger partial charge on any atom is 0.253 e. The molecule has 3 rings (SSSR count). The number of hydrogen-bond donors (Lipinski definition) is 1. The Balaban J connectivity index is 0.00000176. The molecule has 2 aliphatic heterocycles. The zero-order valence-electron chi connectivity index (χ0n) is 12.1. The Morgan fingerprint density at radius 2 is 2.05 bits per heavy atom. The van der Waals surface area contributed by atoms with Gasteiger partial charge in [-0.1, -0.05) is 6.07 Å². The molecule has 2 aliphatic rings. The molecule has 0 aromatic heterocycles. The number of nitrogens with zero attached hydrogens (tertiary/aromatic N) is 2. The number of halogens is 1. The van der Waals surface area contributed by atoms with Crippen LogP contribution in [-0.2, 0) is 10.0 Å². The molecule has 1 atom stereocenters. The van der Waals surface area contributed by atoms with Crippen molar-refractivity contribution in [1.29, 1.82) is 0 Å². The maximum atomic E-state index is 12.4. The van der Waals surface area contributed by atoms with Crippen molar-refractivity contribution in [2.45, 2.75) is 18.9 Å². The molecule has 1 amide bonds. The third-order valence-corrected chi connectivity index (χ3v) is 5.86. The van der Waals surface area contributed by atoms with Crippen LogP contribution in [0.1, 0.15) is 23.2 Å². The number of benzene rings is 1. The summed E-state index contributed by atoms with van der Waals surface area (Å²) >= 11 is 0. The smallest absolute Gasteiger partial charge is 0.253 e. The molecule has 1 aromatic rings. The van der Waals surface area contributed by atoms with Gasteiger partial charge in [-0.15, -0.1) is 12.4 Å². The topological polar surface area (TPSA) is 83.7 Å². The van der Waals surface area contributed by atoms with Gasteiger partial charge in [-0.05, 0) is 31.0 Å². The van der Waals surface area contributed by atoms with Gasteiger partial charge in [0.15, 0.2) is 0 Å². The number of carbonyl (C=O) groups excluding carboxylic acids is 1. The first-order valence-electron chi connectivity index (χ1n) is 7.13. The van der Waals surface area contributed by atoms with Gasteiger partial charge in [-0.3, -0.25) is 9.10 Å². The lowest BCUT2D eigenvalue weighted by atomic mass is 10.1. The van der Waals surface area contributed by atoms with Gasteiger partial charge in [-0.25, -0.2) is 8.42 Å². The second-order valence-electron chi connectivity index (χ2n) is 5.59. The highest BCUT2D eigenvalue weighted by atomic mass is 35.5. The van der Waals surface area contributed by atoms with Crippen molar-refractivity contribution in [3.63, 3.8) is 0 Å². The zero-order valence-corrected chi connectivity index (χ0v) is 13.8. The second kappa shape index (κ2) is 6.44. The van der Waals surface area contributed by atoms with Crippen molar-refractivity contribution >= 4 is 34.0 Å². The van der Waals surface area contributed by atoms with Crippen LogP contribution in [0.2, 0.25) is 0 Å². The molecular weight excluding hydrogens is 326 g/mol. The highest BCUT2D eigenvalue weighted by molar-refractivity contribution is 7.93. The molecule has 0 radical (unpaired) electrons. The van der Waals surface area contributed by atoms with E-state index in [-0.39, 0.29) is 30.1 Å². The van der Waals surface area contributed by atoms with E-state index in [0.717, 1.165) is 6.42 Å². The van der Waals surface area contributed by atoms with E-state index in [1.165, 1.54) is 4.31 Å². The molecule has 8 heteroatoms. The average molecular weight is 346 g/mol. The van der Waals surface area contributed by atoms with Crippen LogP contribution in [0.4, 0.5) is 5.69 Å². The first-order chi connectivity index (χ1) is 9.97.